The van der Waals surface area contributed by atoms with E-state index in [-0.39, 0.29) is 11.6 Å². The molecule has 1 N–H and O–H groups in total. The van der Waals surface area contributed by atoms with Gasteiger partial charge in [-0.2, -0.15) is 5.10 Å². The van der Waals surface area contributed by atoms with Gasteiger partial charge in [-0.3, -0.25) is 4.79 Å². The number of carbonyl (C=O) groups excluding carboxylic acids is 1. The third kappa shape index (κ3) is 3.81. The number of aromatic nitrogens is 3. The van der Waals surface area contributed by atoms with Crippen molar-refractivity contribution in [2.75, 3.05) is 5.32 Å². The summed E-state index contributed by atoms with van der Waals surface area (Å²) in [6.45, 7) is 0.573. The molecule has 3 rings (SSSR count). The Bertz CT molecular complexity index is 819. The van der Waals surface area contributed by atoms with Gasteiger partial charge < -0.3 is 5.32 Å². The highest BCUT2D eigenvalue weighted by atomic mass is 79.9. The van der Waals surface area contributed by atoms with E-state index in [2.05, 4.69) is 31.3 Å². The molecule has 7 heteroatoms. The van der Waals surface area contributed by atoms with Gasteiger partial charge >= 0.3 is 0 Å². The summed E-state index contributed by atoms with van der Waals surface area (Å²) in [5.41, 5.74) is 1.58. The van der Waals surface area contributed by atoms with Crippen LogP contribution in [0.4, 0.5) is 10.1 Å². The fourth-order valence-electron chi connectivity index (χ4n) is 2.05. The lowest BCUT2D eigenvalue weighted by atomic mass is 10.1. The molecule has 1 amide bonds. The van der Waals surface area contributed by atoms with Crippen LogP contribution in [0.15, 0.2) is 59.6 Å². The number of nitrogens with one attached hydrogen (secondary N) is 1. The highest BCUT2D eigenvalue weighted by Crippen LogP contribution is 2.20. The minimum absolute atomic E-state index is 0.143. The molecule has 0 aliphatic heterocycles. The van der Waals surface area contributed by atoms with Crippen LogP contribution in [0.5, 0.6) is 0 Å². The van der Waals surface area contributed by atoms with Crippen LogP contribution < -0.4 is 5.32 Å². The van der Waals surface area contributed by atoms with Gasteiger partial charge in [-0.15, -0.1) is 0 Å². The zero-order valence-corrected chi connectivity index (χ0v) is 13.5. The summed E-state index contributed by atoms with van der Waals surface area (Å²) in [5, 5.41) is 6.58. The van der Waals surface area contributed by atoms with Crippen LogP contribution in [0.25, 0.3) is 0 Å². The third-order valence-corrected chi connectivity index (χ3v) is 3.70. The van der Waals surface area contributed by atoms with E-state index < -0.39 is 5.82 Å². The third-order valence-electron chi connectivity index (χ3n) is 3.21. The Labute approximate surface area is 140 Å². The van der Waals surface area contributed by atoms with Crippen molar-refractivity contribution in [3.8, 4) is 0 Å². The minimum Gasteiger partial charge on any atom is -0.319 e. The maximum absolute atomic E-state index is 13.7. The number of halogens is 2. The van der Waals surface area contributed by atoms with Gasteiger partial charge in [-0.25, -0.2) is 14.1 Å². The largest absolute Gasteiger partial charge is 0.319 e. The van der Waals surface area contributed by atoms with Gasteiger partial charge in [-0.05, 0) is 35.9 Å². The van der Waals surface area contributed by atoms with E-state index in [0.29, 0.717) is 16.6 Å². The van der Waals surface area contributed by atoms with Crippen LogP contribution in [0.1, 0.15) is 15.9 Å². The van der Waals surface area contributed by atoms with Gasteiger partial charge in [0, 0.05) is 10.0 Å². The summed E-state index contributed by atoms with van der Waals surface area (Å²) in [5.74, 6) is -0.853. The summed E-state index contributed by atoms with van der Waals surface area (Å²) >= 11 is 3.18. The quantitative estimate of drug-likeness (QED) is 0.760. The zero-order valence-electron chi connectivity index (χ0n) is 11.9. The molecular weight excluding hydrogens is 363 g/mol. The number of benzene rings is 2. The predicted octanol–water partition coefficient (Wildman–Crippen LogP) is 3.48. The molecule has 1 heterocycles. The van der Waals surface area contributed by atoms with E-state index in [4.69, 9.17) is 0 Å². The van der Waals surface area contributed by atoms with Crippen LogP contribution in [-0.2, 0) is 6.54 Å². The molecule has 0 aliphatic carbocycles. The minimum atomic E-state index is -0.490. The Morgan fingerprint density at radius 1 is 1.22 bits per heavy atom. The monoisotopic (exact) mass is 374 g/mol. The molecule has 0 unspecified atom stereocenters. The van der Waals surface area contributed by atoms with E-state index in [1.165, 1.54) is 18.5 Å². The molecule has 23 heavy (non-hydrogen) atoms. The van der Waals surface area contributed by atoms with E-state index in [9.17, 15) is 9.18 Å². The van der Waals surface area contributed by atoms with Crippen molar-refractivity contribution in [2.45, 2.75) is 6.54 Å². The highest BCUT2D eigenvalue weighted by Gasteiger charge is 2.09. The molecule has 0 saturated carbocycles. The van der Waals surface area contributed by atoms with Gasteiger partial charge in [0.1, 0.15) is 18.5 Å². The lowest BCUT2D eigenvalue weighted by Gasteiger charge is -2.08. The normalized spacial score (nSPS) is 10.5. The smallest absolute Gasteiger partial charge is 0.255 e. The lowest BCUT2D eigenvalue weighted by molar-refractivity contribution is 0.102. The van der Waals surface area contributed by atoms with Crippen molar-refractivity contribution in [3.63, 3.8) is 0 Å². The molecule has 0 aliphatic rings. The maximum atomic E-state index is 13.7. The molecule has 3 aromatic rings. The Balaban J connectivity index is 1.70. The standard InChI is InChI=1S/C16H12BrFN4O/c17-13-5-6-15(14(18)7-13)21-16(23)12-3-1-11(2-4-12)8-22-10-19-9-20-22/h1-7,9-10H,8H2,(H,21,23). The number of hydrogen-bond acceptors (Lipinski definition) is 3. The molecule has 0 fully saturated rings. The fourth-order valence-corrected chi connectivity index (χ4v) is 2.38. The van der Waals surface area contributed by atoms with Crippen molar-refractivity contribution in [3.05, 3.63) is 76.5 Å². The van der Waals surface area contributed by atoms with Crippen molar-refractivity contribution in [1.82, 2.24) is 14.8 Å². The molecule has 1 aromatic heterocycles. The number of rotatable bonds is 4. The molecule has 0 atom stereocenters. The number of hydrogen-bond donors (Lipinski definition) is 1. The summed E-state index contributed by atoms with van der Waals surface area (Å²) in [7, 11) is 0. The molecule has 0 radical (unpaired) electrons. The van der Waals surface area contributed by atoms with E-state index in [1.54, 1.807) is 29.2 Å². The second kappa shape index (κ2) is 6.70. The molecular formula is C16H12BrFN4O. The van der Waals surface area contributed by atoms with Crippen molar-refractivity contribution >= 4 is 27.5 Å². The van der Waals surface area contributed by atoms with Crippen LogP contribution in [-0.4, -0.2) is 20.7 Å². The molecule has 0 bridgehead atoms. The number of amides is 1. The van der Waals surface area contributed by atoms with E-state index in [1.807, 2.05) is 12.1 Å². The molecule has 116 valence electrons. The van der Waals surface area contributed by atoms with Crippen molar-refractivity contribution in [1.29, 1.82) is 0 Å². The summed E-state index contributed by atoms with van der Waals surface area (Å²) in [6, 6.07) is 11.5. The van der Waals surface area contributed by atoms with Crippen molar-refractivity contribution in [2.24, 2.45) is 0 Å². The first kappa shape index (κ1) is 15.4. The first-order valence-corrected chi connectivity index (χ1v) is 7.59. The summed E-state index contributed by atoms with van der Waals surface area (Å²) in [4.78, 5) is 16.0. The Hall–Kier alpha value is -2.54. The Morgan fingerprint density at radius 2 is 2.00 bits per heavy atom. The molecule has 0 spiro atoms. The first-order chi connectivity index (χ1) is 11.1. The average Bonchev–Trinajstić information content (AvgIpc) is 3.04. The number of nitrogens with zero attached hydrogens (tertiary/aromatic N) is 3. The summed E-state index contributed by atoms with van der Waals surface area (Å²) in [6.07, 6.45) is 3.09. The van der Waals surface area contributed by atoms with E-state index in [0.717, 1.165) is 5.56 Å². The van der Waals surface area contributed by atoms with Crippen LogP contribution in [0, 0.1) is 5.82 Å². The first-order valence-electron chi connectivity index (χ1n) is 6.79. The Morgan fingerprint density at radius 3 is 2.65 bits per heavy atom. The Kier molecular flexibility index (Phi) is 4.47. The SMILES string of the molecule is O=C(Nc1ccc(Br)cc1F)c1ccc(Cn2cncn2)cc1. The second-order valence-electron chi connectivity index (χ2n) is 4.87. The van der Waals surface area contributed by atoms with Gasteiger partial charge in [0.05, 0.1) is 12.2 Å². The molecule has 5 nitrogen and oxygen atoms in total. The van der Waals surface area contributed by atoms with Gasteiger partial charge in [-0.1, -0.05) is 28.1 Å². The number of carbonyl (C=O) groups is 1. The zero-order chi connectivity index (χ0) is 16.2. The molecule has 2 aromatic carbocycles. The highest BCUT2D eigenvalue weighted by molar-refractivity contribution is 9.10. The topological polar surface area (TPSA) is 59.8 Å². The van der Waals surface area contributed by atoms with Gasteiger partial charge in [0.15, 0.2) is 0 Å². The van der Waals surface area contributed by atoms with Crippen LogP contribution >= 0.6 is 15.9 Å². The van der Waals surface area contributed by atoms with Crippen LogP contribution in [0.3, 0.4) is 0 Å². The van der Waals surface area contributed by atoms with Gasteiger partial charge in [0.2, 0.25) is 0 Å². The van der Waals surface area contributed by atoms with Gasteiger partial charge in [0.25, 0.3) is 5.91 Å². The second-order valence-corrected chi connectivity index (χ2v) is 5.78. The fraction of sp³-hybridized carbons (Fsp3) is 0.0625. The van der Waals surface area contributed by atoms with Crippen molar-refractivity contribution < 1.29 is 9.18 Å². The lowest BCUT2D eigenvalue weighted by Crippen LogP contribution is -2.13. The number of anilines is 1. The predicted molar refractivity (Wildman–Crippen MR) is 87.6 cm³/mol. The van der Waals surface area contributed by atoms with Crippen LogP contribution in [0.2, 0.25) is 0 Å². The molecule has 0 saturated heterocycles. The van der Waals surface area contributed by atoms with E-state index >= 15 is 0 Å². The average molecular weight is 375 g/mol. The summed E-state index contributed by atoms with van der Waals surface area (Å²) < 4.78 is 16.0. The maximum Gasteiger partial charge on any atom is 0.255 e.